The minimum Gasteiger partial charge on any atom is -0.454 e. The van der Waals surface area contributed by atoms with Gasteiger partial charge in [-0.1, -0.05) is 29.8 Å². The summed E-state index contributed by atoms with van der Waals surface area (Å²) in [6.07, 6.45) is 1.34. The van der Waals surface area contributed by atoms with Gasteiger partial charge in [0, 0.05) is 43.2 Å². The topological polar surface area (TPSA) is 92.3 Å². The summed E-state index contributed by atoms with van der Waals surface area (Å²) in [6.45, 7) is 3.86. The standard InChI is InChI=1S/C23H24N4O4/c1-15-2-4-16(5-3-15)21-22(29)26-23(25-21)8-10-27(11-9-23)13-20(28)24-17-6-7-18-19(12-17)31-14-30-18/h2-7,12H,8-11,13-14H2,1H3,(H,24,28)(H,26,29). The second-order valence-electron chi connectivity index (χ2n) is 8.20. The molecular weight excluding hydrogens is 396 g/mol. The third-order valence-corrected chi connectivity index (χ3v) is 5.92. The normalized spacial score (nSPS) is 19.3. The van der Waals surface area contributed by atoms with Crippen LogP contribution in [0.5, 0.6) is 11.5 Å². The number of hydrogen-bond acceptors (Lipinski definition) is 6. The molecule has 0 bridgehead atoms. The van der Waals surface area contributed by atoms with Crippen molar-refractivity contribution < 1.29 is 19.1 Å². The Morgan fingerprint density at radius 2 is 1.87 bits per heavy atom. The molecule has 1 spiro atoms. The van der Waals surface area contributed by atoms with Gasteiger partial charge in [-0.2, -0.15) is 0 Å². The lowest BCUT2D eigenvalue weighted by molar-refractivity contribution is -0.119. The smallest absolute Gasteiger partial charge is 0.272 e. The third-order valence-electron chi connectivity index (χ3n) is 5.92. The SMILES string of the molecule is Cc1ccc(C2=NC3(CCN(CC(=O)Nc4ccc5c(c4)OCO5)CC3)NC2=O)cc1. The molecule has 8 nitrogen and oxygen atoms in total. The summed E-state index contributed by atoms with van der Waals surface area (Å²) in [4.78, 5) is 31.9. The summed E-state index contributed by atoms with van der Waals surface area (Å²) in [5, 5.41) is 5.98. The quantitative estimate of drug-likeness (QED) is 0.790. The number of likely N-dealkylation sites (tertiary alicyclic amines) is 1. The van der Waals surface area contributed by atoms with Gasteiger partial charge < -0.3 is 20.1 Å². The maximum atomic E-state index is 12.5. The van der Waals surface area contributed by atoms with Crippen molar-refractivity contribution in [2.24, 2.45) is 4.99 Å². The molecule has 0 aromatic heterocycles. The van der Waals surface area contributed by atoms with E-state index in [0.717, 1.165) is 11.1 Å². The van der Waals surface area contributed by atoms with E-state index in [1.165, 1.54) is 0 Å². The highest BCUT2D eigenvalue weighted by atomic mass is 16.7. The monoisotopic (exact) mass is 420 g/mol. The van der Waals surface area contributed by atoms with Crippen LogP contribution in [-0.4, -0.2) is 54.5 Å². The van der Waals surface area contributed by atoms with Crippen LogP contribution in [0.15, 0.2) is 47.5 Å². The minimum atomic E-state index is -0.568. The van der Waals surface area contributed by atoms with Gasteiger partial charge >= 0.3 is 0 Å². The lowest BCUT2D eigenvalue weighted by Crippen LogP contribution is -2.52. The van der Waals surface area contributed by atoms with Crippen LogP contribution in [-0.2, 0) is 9.59 Å². The van der Waals surface area contributed by atoms with E-state index in [2.05, 4.69) is 15.5 Å². The maximum Gasteiger partial charge on any atom is 0.272 e. The van der Waals surface area contributed by atoms with Crippen molar-refractivity contribution in [3.05, 3.63) is 53.6 Å². The van der Waals surface area contributed by atoms with Crippen molar-refractivity contribution in [3.63, 3.8) is 0 Å². The molecule has 2 aromatic carbocycles. The molecule has 0 unspecified atom stereocenters. The number of amides is 2. The molecule has 8 heteroatoms. The summed E-state index contributed by atoms with van der Waals surface area (Å²) < 4.78 is 10.6. The zero-order valence-corrected chi connectivity index (χ0v) is 17.3. The number of hydrogen-bond donors (Lipinski definition) is 2. The third kappa shape index (κ3) is 3.98. The van der Waals surface area contributed by atoms with Gasteiger partial charge in [-0.3, -0.25) is 19.5 Å². The predicted octanol–water partition coefficient (Wildman–Crippen LogP) is 2.07. The number of aryl methyl sites for hydroxylation is 1. The first-order valence-electron chi connectivity index (χ1n) is 10.4. The Morgan fingerprint density at radius 1 is 1.13 bits per heavy atom. The van der Waals surface area contributed by atoms with E-state index < -0.39 is 5.66 Å². The number of carbonyl (C=O) groups is 2. The van der Waals surface area contributed by atoms with Gasteiger partial charge in [0.1, 0.15) is 11.4 Å². The number of carbonyl (C=O) groups excluding carboxylic acids is 2. The van der Waals surface area contributed by atoms with Gasteiger partial charge in [0.25, 0.3) is 5.91 Å². The molecule has 5 rings (SSSR count). The number of nitrogens with zero attached hydrogens (tertiary/aromatic N) is 2. The van der Waals surface area contributed by atoms with E-state index in [-0.39, 0.29) is 25.2 Å². The molecule has 2 aromatic rings. The summed E-state index contributed by atoms with van der Waals surface area (Å²) >= 11 is 0. The van der Waals surface area contributed by atoms with Crippen molar-refractivity contribution in [2.75, 3.05) is 31.7 Å². The number of fused-ring (bicyclic) bond motifs is 1. The lowest BCUT2D eigenvalue weighted by atomic mass is 9.98. The maximum absolute atomic E-state index is 12.5. The fourth-order valence-electron chi connectivity index (χ4n) is 4.17. The number of piperidine rings is 1. The van der Waals surface area contributed by atoms with Gasteiger partial charge in [-0.15, -0.1) is 0 Å². The van der Waals surface area contributed by atoms with Gasteiger partial charge in [0.05, 0.1) is 6.54 Å². The zero-order chi connectivity index (χ0) is 21.4. The van der Waals surface area contributed by atoms with Crippen LogP contribution in [0.2, 0.25) is 0 Å². The largest absolute Gasteiger partial charge is 0.454 e. The highest BCUT2D eigenvalue weighted by molar-refractivity contribution is 6.46. The Bertz CT molecular complexity index is 1060. The molecule has 3 heterocycles. The number of nitrogens with one attached hydrogen (secondary N) is 2. The van der Waals surface area contributed by atoms with Crippen LogP contribution in [0.3, 0.4) is 0 Å². The van der Waals surface area contributed by atoms with E-state index in [4.69, 9.17) is 14.5 Å². The first-order valence-corrected chi connectivity index (χ1v) is 10.4. The van der Waals surface area contributed by atoms with Crippen LogP contribution < -0.4 is 20.1 Å². The fraction of sp³-hybridized carbons (Fsp3) is 0.348. The minimum absolute atomic E-state index is 0.0888. The summed E-state index contributed by atoms with van der Waals surface area (Å²) in [7, 11) is 0. The molecule has 3 aliphatic heterocycles. The van der Waals surface area contributed by atoms with E-state index in [1.807, 2.05) is 31.2 Å². The van der Waals surface area contributed by atoms with E-state index in [9.17, 15) is 9.59 Å². The van der Waals surface area contributed by atoms with Gasteiger partial charge in [0.2, 0.25) is 12.7 Å². The van der Waals surface area contributed by atoms with Crippen molar-refractivity contribution in [1.29, 1.82) is 0 Å². The highest BCUT2D eigenvalue weighted by Crippen LogP contribution is 2.34. The molecule has 0 saturated carbocycles. The molecular formula is C23H24N4O4. The lowest BCUT2D eigenvalue weighted by Gasteiger charge is -2.36. The molecule has 3 aliphatic rings. The summed E-state index contributed by atoms with van der Waals surface area (Å²) in [5.41, 5.74) is 2.59. The van der Waals surface area contributed by atoms with Crippen LogP contribution in [0, 0.1) is 6.92 Å². The molecule has 2 N–H and O–H groups in total. The average molecular weight is 420 g/mol. The molecule has 31 heavy (non-hydrogen) atoms. The Balaban J connectivity index is 1.18. The number of rotatable bonds is 4. The first kappa shape index (κ1) is 19.6. The van der Waals surface area contributed by atoms with Gasteiger partial charge in [-0.25, -0.2) is 0 Å². The summed E-state index contributed by atoms with van der Waals surface area (Å²) in [5.74, 6) is 1.10. The molecule has 0 atom stereocenters. The second-order valence-corrected chi connectivity index (χ2v) is 8.20. The first-order chi connectivity index (χ1) is 15.0. The Hall–Kier alpha value is -3.39. The van der Waals surface area contributed by atoms with E-state index in [1.54, 1.807) is 18.2 Å². The molecule has 1 saturated heterocycles. The Kier molecular flexibility index (Phi) is 4.86. The van der Waals surface area contributed by atoms with Crippen molar-refractivity contribution in [3.8, 4) is 11.5 Å². The summed E-state index contributed by atoms with van der Waals surface area (Å²) in [6, 6.07) is 13.2. The number of ether oxygens (including phenoxy) is 2. The number of anilines is 1. The van der Waals surface area contributed by atoms with Crippen molar-refractivity contribution in [2.45, 2.75) is 25.4 Å². The molecule has 2 amide bonds. The fourth-order valence-corrected chi connectivity index (χ4v) is 4.17. The van der Waals surface area contributed by atoms with Gasteiger partial charge in [0.15, 0.2) is 11.5 Å². The van der Waals surface area contributed by atoms with Crippen LogP contribution in [0.1, 0.15) is 24.0 Å². The van der Waals surface area contributed by atoms with E-state index >= 15 is 0 Å². The molecule has 160 valence electrons. The van der Waals surface area contributed by atoms with Crippen LogP contribution in [0.4, 0.5) is 5.69 Å². The highest BCUT2D eigenvalue weighted by Gasteiger charge is 2.42. The molecule has 0 aliphatic carbocycles. The second kappa shape index (κ2) is 7.70. The van der Waals surface area contributed by atoms with Crippen molar-refractivity contribution >= 4 is 23.2 Å². The van der Waals surface area contributed by atoms with Gasteiger partial charge in [-0.05, 0) is 19.1 Å². The Labute approximate surface area is 180 Å². The average Bonchev–Trinajstić information content (AvgIpc) is 3.34. The van der Waals surface area contributed by atoms with Crippen LogP contribution >= 0.6 is 0 Å². The molecule has 0 radical (unpaired) electrons. The molecule has 1 fully saturated rings. The number of aliphatic imine (C=N–C) groups is 1. The number of benzene rings is 2. The zero-order valence-electron chi connectivity index (χ0n) is 17.3. The van der Waals surface area contributed by atoms with E-state index in [0.29, 0.717) is 48.8 Å². The van der Waals surface area contributed by atoms with Crippen LogP contribution in [0.25, 0.3) is 0 Å². The Morgan fingerprint density at radius 3 is 2.65 bits per heavy atom. The predicted molar refractivity (Wildman–Crippen MR) is 115 cm³/mol. The van der Waals surface area contributed by atoms with Crippen molar-refractivity contribution in [1.82, 2.24) is 10.2 Å².